The number of carboxylic acid groups (broad SMARTS) is 1. The summed E-state index contributed by atoms with van der Waals surface area (Å²) in [6.45, 7) is 1.34. The van der Waals surface area contributed by atoms with Crippen molar-refractivity contribution < 1.29 is 24.2 Å². The molecule has 7 heteroatoms. The molecule has 0 heterocycles. The summed E-state index contributed by atoms with van der Waals surface area (Å²) in [7, 11) is 4.74. The molecule has 0 aromatic heterocycles. The van der Waals surface area contributed by atoms with Crippen LogP contribution in [0.1, 0.15) is 6.42 Å². The zero-order valence-electron chi connectivity index (χ0n) is 11.2. The van der Waals surface area contributed by atoms with Gasteiger partial charge in [0.2, 0.25) is 0 Å². The van der Waals surface area contributed by atoms with Crippen LogP contribution in [0.4, 0.5) is 4.79 Å². The van der Waals surface area contributed by atoms with E-state index in [-0.39, 0.29) is 19.1 Å². The molecule has 0 spiro atoms. The van der Waals surface area contributed by atoms with Crippen molar-refractivity contribution in [1.82, 2.24) is 9.80 Å². The van der Waals surface area contributed by atoms with Crippen molar-refractivity contribution in [3.05, 3.63) is 0 Å². The minimum Gasteiger partial charge on any atom is -0.480 e. The quantitative estimate of drug-likeness (QED) is 0.596. The summed E-state index contributed by atoms with van der Waals surface area (Å²) >= 11 is 0. The van der Waals surface area contributed by atoms with Gasteiger partial charge in [0.25, 0.3) is 0 Å². The Morgan fingerprint density at radius 2 is 1.72 bits per heavy atom. The molecule has 0 unspecified atom stereocenters. The van der Waals surface area contributed by atoms with Gasteiger partial charge in [0.05, 0.1) is 6.61 Å². The van der Waals surface area contributed by atoms with Gasteiger partial charge in [0.15, 0.2) is 0 Å². The van der Waals surface area contributed by atoms with E-state index in [1.807, 2.05) is 0 Å². The van der Waals surface area contributed by atoms with Crippen molar-refractivity contribution in [2.45, 2.75) is 6.42 Å². The van der Waals surface area contributed by atoms with E-state index < -0.39 is 5.97 Å². The molecule has 0 aliphatic heterocycles. The lowest BCUT2D eigenvalue weighted by Crippen LogP contribution is -2.45. The smallest absolute Gasteiger partial charge is 0.323 e. The van der Waals surface area contributed by atoms with E-state index in [0.29, 0.717) is 26.2 Å². The van der Waals surface area contributed by atoms with Crippen molar-refractivity contribution in [3.63, 3.8) is 0 Å². The summed E-state index contributed by atoms with van der Waals surface area (Å²) in [5.74, 6) is -1.04. The summed E-state index contributed by atoms with van der Waals surface area (Å²) in [4.78, 5) is 25.4. The Morgan fingerprint density at radius 1 is 1.11 bits per heavy atom. The van der Waals surface area contributed by atoms with E-state index in [1.54, 1.807) is 14.2 Å². The highest BCUT2D eigenvalue weighted by molar-refractivity contribution is 5.80. The molecule has 0 fully saturated rings. The Kier molecular flexibility index (Phi) is 8.95. The van der Waals surface area contributed by atoms with Gasteiger partial charge in [-0.3, -0.25) is 4.79 Å². The van der Waals surface area contributed by atoms with Gasteiger partial charge in [-0.15, -0.1) is 0 Å². The molecular weight excluding hydrogens is 240 g/mol. The van der Waals surface area contributed by atoms with Gasteiger partial charge in [-0.1, -0.05) is 0 Å². The van der Waals surface area contributed by atoms with Crippen molar-refractivity contribution >= 4 is 12.0 Å². The van der Waals surface area contributed by atoms with Gasteiger partial charge >= 0.3 is 12.0 Å². The number of ether oxygens (including phenoxy) is 2. The standard InChI is InChI=1S/C11H22N2O5/c1-12(5-4-7-17-2)11(16)13(6-8-18-3)9-10(14)15/h4-9H2,1-3H3,(H,14,15). The minimum atomic E-state index is -1.04. The van der Waals surface area contributed by atoms with E-state index in [9.17, 15) is 9.59 Å². The number of carbonyl (C=O) groups is 2. The monoisotopic (exact) mass is 262 g/mol. The van der Waals surface area contributed by atoms with Crippen LogP contribution in [0.25, 0.3) is 0 Å². The second kappa shape index (κ2) is 9.67. The number of amides is 2. The molecule has 0 bridgehead atoms. The molecule has 0 radical (unpaired) electrons. The topological polar surface area (TPSA) is 79.3 Å². The number of aliphatic carboxylic acids is 1. The maximum atomic E-state index is 12.0. The summed E-state index contributed by atoms with van der Waals surface area (Å²) in [6, 6.07) is -0.314. The molecule has 0 aromatic rings. The van der Waals surface area contributed by atoms with Crippen LogP contribution in [0.3, 0.4) is 0 Å². The second-order valence-electron chi connectivity index (χ2n) is 3.86. The fraction of sp³-hybridized carbons (Fsp3) is 0.818. The van der Waals surface area contributed by atoms with Crippen LogP contribution in [0.5, 0.6) is 0 Å². The summed E-state index contributed by atoms with van der Waals surface area (Å²) in [6.07, 6.45) is 0.712. The lowest BCUT2D eigenvalue weighted by Gasteiger charge is -2.26. The number of urea groups is 1. The van der Waals surface area contributed by atoms with Crippen LogP contribution in [-0.4, -0.2) is 81.0 Å². The minimum absolute atomic E-state index is 0.260. The molecule has 0 aliphatic rings. The average Bonchev–Trinajstić information content (AvgIpc) is 2.33. The van der Waals surface area contributed by atoms with Crippen molar-refractivity contribution in [3.8, 4) is 0 Å². The first-order valence-electron chi connectivity index (χ1n) is 5.72. The molecular formula is C11H22N2O5. The third kappa shape index (κ3) is 7.08. The summed E-state index contributed by atoms with van der Waals surface area (Å²) in [5.41, 5.74) is 0. The molecule has 0 saturated heterocycles. The number of carbonyl (C=O) groups excluding carboxylic acids is 1. The van der Waals surface area contributed by atoms with E-state index in [2.05, 4.69) is 0 Å². The predicted octanol–water partition coefficient (Wildman–Crippen LogP) is 0.108. The lowest BCUT2D eigenvalue weighted by molar-refractivity contribution is -0.137. The fourth-order valence-electron chi connectivity index (χ4n) is 1.39. The first-order valence-corrected chi connectivity index (χ1v) is 5.72. The Balaban J connectivity index is 4.28. The maximum absolute atomic E-state index is 12.0. The number of rotatable bonds is 9. The zero-order valence-corrected chi connectivity index (χ0v) is 11.2. The largest absolute Gasteiger partial charge is 0.480 e. The van der Waals surface area contributed by atoms with Gasteiger partial charge < -0.3 is 24.4 Å². The first kappa shape index (κ1) is 16.7. The highest BCUT2D eigenvalue weighted by Crippen LogP contribution is 1.99. The Morgan fingerprint density at radius 3 is 2.22 bits per heavy atom. The average molecular weight is 262 g/mol. The van der Waals surface area contributed by atoms with Gasteiger partial charge in [0, 0.05) is 41.0 Å². The molecule has 18 heavy (non-hydrogen) atoms. The van der Waals surface area contributed by atoms with Crippen LogP contribution in [0.15, 0.2) is 0 Å². The zero-order chi connectivity index (χ0) is 14.0. The van der Waals surface area contributed by atoms with E-state index in [1.165, 1.54) is 16.9 Å². The number of hydrogen-bond acceptors (Lipinski definition) is 4. The Hall–Kier alpha value is -1.34. The fourth-order valence-corrected chi connectivity index (χ4v) is 1.39. The third-order valence-corrected chi connectivity index (χ3v) is 2.33. The SMILES string of the molecule is COCCCN(C)C(=O)N(CCOC)CC(=O)O. The predicted molar refractivity (Wildman–Crippen MR) is 65.6 cm³/mol. The second-order valence-corrected chi connectivity index (χ2v) is 3.86. The summed E-state index contributed by atoms with van der Waals surface area (Å²) < 4.78 is 9.75. The highest BCUT2D eigenvalue weighted by atomic mass is 16.5. The Bertz CT molecular complexity index is 260. The van der Waals surface area contributed by atoms with Crippen molar-refractivity contribution in [2.75, 3.05) is 54.1 Å². The molecule has 1 N–H and O–H groups in total. The number of hydrogen-bond donors (Lipinski definition) is 1. The highest BCUT2D eigenvalue weighted by Gasteiger charge is 2.19. The van der Waals surface area contributed by atoms with Crippen LogP contribution in [0.2, 0.25) is 0 Å². The van der Waals surface area contributed by atoms with Crippen LogP contribution in [-0.2, 0) is 14.3 Å². The van der Waals surface area contributed by atoms with E-state index in [0.717, 1.165) is 0 Å². The van der Waals surface area contributed by atoms with Crippen LogP contribution in [0, 0.1) is 0 Å². The van der Waals surface area contributed by atoms with Crippen molar-refractivity contribution in [1.29, 1.82) is 0 Å². The molecule has 106 valence electrons. The molecule has 0 atom stereocenters. The van der Waals surface area contributed by atoms with Gasteiger partial charge in [-0.05, 0) is 6.42 Å². The lowest BCUT2D eigenvalue weighted by atomic mass is 10.4. The molecule has 7 nitrogen and oxygen atoms in total. The van der Waals surface area contributed by atoms with Crippen LogP contribution >= 0.6 is 0 Å². The molecule has 0 rings (SSSR count). The van der Waals surface area contributed by atoms with E-state index >= 15 is 0 Å². The van der Waals surface area contributed by atoms with Gasteiger partial charge in [-0.25, -0.2) is 4.79 Å². The Labute approximate surface area is 107 Å². The molecule has 0 aromatic carbocycles. The maximum Gasteiger partial charge on any atom is 0.323 e. The van der Waals surface area contributed by atoms with Gasteiger partial charge in [-0.2, -0.15) is 0 Å². The van der Waals surface area contributed by atoms with Crippen LogP contribution < -0.4 is 0 Å². The summed E-state index contributed by atoms with van der Waals surface area (Å²) in [5, 5.41) is 8.75. The molecule has 0 saturated carbocycles. The number of carboxylic acids is 1. The van der Waals surface area contributed by atoms with Gasteiger partial charge in [0.1, 0.15) is 6.54 Å². The normalized spacial score (nSPS) is 10.2. The molecule has 0 aliphatic carbocycles. The molecule has 2 amide bonds. The van der Waals surface area contributed by atoms with Crippen molar-refractivity contribution in [2.24, 2.45) is 0 Å². The number of methoxy groups -OCH3 is 2. The first-order chi connectivity index (χ1) is 8.52. The third-order valence-electron chi connectivity index (χ3n) is 2.33. The number of nitrogens with zero attached hydrogens (tertiary/aromatic N) is 2. The van der Waals surface area contributed by atoms with E-state index in [4.69, 9.17) is 14.6 Å².